The standard InChI is InChI=1S/C20H27ClN2O2/c1-19(2,25-16-5-3-4-15(21)8-16)18(24)23-17-13-6-12-7-14(17)11-20(22,9-12)10-13/h3-5,8,12-14,17H,6-7,9-11,22H2,1-2H3,(H,23,24)/t12?,13-,14+,17?,20?. The van der Waals surface area contributed by atoms with E-state index in [-0.39, 0.29) is 17.5 Å². The molecule has 3 N–H and O–H groups in total. The highest BCUT2D eigenvalue weighted by Gasteiger charge is 2.54. The third kappa shape index (κ3) is 3.26. The quantitative estimate of drug-likeness (QED) is 0.861. The number of hydrogen-bond acceptors (Lipinski definition) is 3. The fourth-order valence-corrected chi connectivity index (χ4v) is 5.70. The Morgan fingerprint density at radius 3 is 2.56 bits per heavy atom. The van der Waals surface area contributed by atoms with Gasteiger partial charge in [0.2, 0.25) is 0 Å². The molecule has 5 rings (SSSR count). The third-order valence-corrected chi connectivity index (χ3v) is 6.57. The third-order valence-electron chi connectivity index (χ3n) is 6.33. The molecule has 0 saturated heterocycles. The Morgan fingerprint density at radius 1 is 1.28 bits per heavy atom. The molecule has 4 nitrogen and oxygen atoms in total. The number of hydrogen-bond donors (Lipinski definition) is 2. The number of amides is 1. The first kappa shape index (κ1) is 17.2. The Labute approximate surface area is 154 Å². The molecule has 0 spiro atoms. The van der Waals surface area contributed by atoms with Crippen molar-refractivity contribution < 1.29 is 9.53 Å². The monoisotopic (exact) mass is 362 g/mol. The maximum Gasteiger partial charge on any atom is 0.263 e. The van der Waals surface area contributed by atoms with Crippen molar-refractivity contribution in [3.63, 3.8) is 0 Å². The molecule has 4 fully saturated rings. The molecule has 5 atom stereocenters. The molecule has 3 unspecified atom stereocenters. The zero-order valence-corrected chi connectivity index (χ0v) is 15.7. The first-order valence-corrected chi connectivity index (χ1v) is 9.66. The van der Waals surface area contributed by atoms with Crippen molar-refractivity contribution in [2.75, 3.05) is 0 Å². The number of rotatable bonds is 4. The van der Waals surface area contributed by atoms with Gasteiger partial charge in [-0.15, -0.1) is 0 Å². The molecule has 4 saturated carbocycles. The van der Waals surface area contributed by atoms with Gasteiger partial charge >= 0.3 is 0 Å². The number of nitrogens with one attached hydrogen (secondary N) is 1. The predicted molar refractivity (Wildman–Crippen MR) is 98.6 cm³/mol. The topological polar surface area (TPSA) is 64.3 Å². The summed E-state index contributed by atoms with van der Waals surface area (Å²) >= 11 is 6.01. The van der Waals surface area contributed by atoms with E-state index in [0.717, 1.165) is 18.8 Å². The van der Waals surface area contributed by atoms with Crippen LogP contribution >= 0.6 is 11.6 Å². The van der Waals surface area contributed by atoms with Gasteiger partial charge in [0.1, 0.15) is 5.75 Å². The van der Waals surface area contributed by atoms with Crippen LogP contribution in [-0.2, 0) is 4.79 Å². The molecule has 1 aromatic rings. The van der Waals surface area contributed by atoms with Crippen LogP contribution in [0.1, 0.15) is 46.0 Å². The fourth-order valence-electron chi connectivity index (χ4n) is 5.52. The number of benzene rings is 1. The number of carbonyl (C=O) groups excluding carboxylic acids is 1. The lowest BCUT2D eigenvalue weighted by atomic mass is 9.51. The van der Waals surface area contributed by atoms with Gasteiger partial charge in [0.15, 0.2) is 5.60 Å². The summed E-state index contributed by atoms with van der Waals surface area (Å²) in [7, 11) is 0. The van der Waals surface area contributed by atoms with Gasteiger partial charge in [-0.3, -0.25) is 4.79 Å². The van der Waals surface area contributed by atoms with Gasteiger partial charge in [0.05, 0.1) is 0 Å². The molecule has 1 aromatic carbocycles. The molecule has 4 bridgehead atoms. The zero-order valence-electron chi connectivity index (χ0n) is 14.9. The molecule has 5 heteroatoms. The van der Waals surface area contributed by atoms with Crippen LogP contribution in [-0.4, -0.2) is 23.1 Å². The molecule has 0 heterocycles. The zero-order chi connectivity index (χ0) is 17.8. The van der Waals surface area contributed by atoms with E-state index >= 15 is 0 Å². The van der Waals surface area contributed by atoms with E-state index in [1.165, 1.54) is 19.3 Å². The molecule has 25 heavy (non-hydrogen) atoms. The van der Waals surface area contributed by atoms with Gasteiger partial charge in [-0.1, -0.05) is 17.7 Å². The van der Waals surface area contributed by atoms with E-state index in [2.05, 4.69) is 5.32 Å². The van der Waals surface area contributed by atoms with Crippen LogP contribution < -0.4 is 15.8 Å². The molecule has 4 aliphatic carbocycles. The average Bonchev–Trinajstić information content (AvgIpc) is 2.48. The number of carbonyl (C=O) groups is 1. The first-order chi connectivity index (χ1) is 11.7. The van der Waals surface area contributed by atoms with E-state index in [1.807, 2.05) is 26.0 Å². The van der Waals surface area contributed by atoms with Crippen LogP contribution in [0.4, 0.5) is 0 Å². The maximum atomic E-state index is 12.9. The summed E-state index contributed by atoms with van der Waals surface area (Å²) in [6, 6.07) is 7.41. The predicted octanol–water partition coefficient (Wildman–Crippen LogP) is 3.52. The molecule has 0 aliphatic heterocycles. The van der Waals surface area contributed by atoms with Crippen LogP contribution in [0.3, 0.4) is 0 Å². The van der Waals surface area contributed by atoms with Crippen molar-refractivity contribution in [1.82, 2.24) is 5.32 Å². The minimum absolute atomic E-state index is 0.0184. The maximum absolute atomic E-state index is 12.9. The van der Waals surface area contributed by atoms with Crippen LogP contribution in [0.15, 0.2) is 24.3 Å². The van der Waals surface area contributed by atoms with Crippen molar-refractivity contribution >= 4 is 17.5 Å². The summed E-state index contributed by atoms with van der Waals surface area (Å²) in [5.74, 6) is 2.34. The number of ether oxygens (including phenoxy) is 1. The smallest absolute Gasteiger partial charge is 0.263 e. The van der Waals surface area contributed by atoms with Crippen molar-refractivity contribution in [3.05, 3.63) is 29.3 Å². The van der Waals surface area contributed by atoms with Crippen molar-refractivity contribution in [3.8, 4) is 5.75 Å². The Bertz CT molecular complexity index is 674. The van der Waals surface area contributed by atoms with Crippen molar-refractivity contribution in [2.24, 2.45) is 23.5 Å². The van der Waals surface area contributed by atoms with E-state index in [1.54, 1.807) is 12.1 Å². The van der Waals surface area contributed by atoms with Crippen LogP contribution in [0.25, 0.3) is 0 Å². The van der Waals surface area contributed by atoms with E-state index in [9.17, 15) is 4.79 Å². The Morgan fingerprint density at radius 2 is 1.96 bits per heavy atom. The largest absolute Gasteiger partial charge is 0.478 e. The normalized spacial score (nSPS) is 36.3. The Kier molecular flexibility index (Phi) is 4.04. The van der Waals surface area contributed by atoms with Gasteiger partial charge in [0.25, 0.3) is 5.91 Å². The second-order valence-corrected chi connectivity index (χ2v) is 9.34. The van der Waals surface area contributed by atoms with Crippen LogP contribution in [0, 0.1) is 17.8 Å². The molecular formula is C20H27ClN2O2. The first-order valence-electron chi connectivity index (χ1n) is 9.29. The van der Waals surface area contributed by atoms with E-state index in [4.69, 9.17) is 22.1 Å². The second kappa shape index (κ2) is 5.88. The summed E-state index contributed by atoms with van der Waals surface area (Å²) in [4.78, 5) is 12.9. The van der Waals surface area contributed by atoms with Gasteiger partial charge in [0, 0.05) is 16.6 Å². The lowest BCUT2D eigenvalue weighted by Crippen LogP contribution is -2.66. The highest BCUT2D eigenvalue weighted by atomic mass is 35.5. The van der Waals surface area contributed by atoms with Crippen molar-refractivity contribution in [2.45, 2.75) is 63.1 Å². The van der Waals surface area contributed by atoms with Gasteiger partial charge in [-0.25, -0.2) is 0 Å². The van der Waals surface area contributed by atoms with Gasteiger partial charge in [-0.05, 0) is 81.9 Å². The molecule has 4 aliphatic rings. The lowest BCUT2D eigenvalue weighted by Gasteiger charge is -2.59. The van der Waals surface area contributed by atoms with Gasteiger partial charge < -0.3 is 15.8 Å². The number of halogens is 1. The minimum Gasteiger partial charge on any atom is -0.478 e. The summed E-state index contributed by atoms with van der Waals surface area (Å²) in [6.07, 6.45) is 5.66. The summed E-state index contributed by atoms with van der Waals surface area (Å²) < 4.78 is 5.94. The van der Waals surface area contributed by atoms with Gasteiger partial charge in [-0.2, -0.15) is 0 Å². The molecule has 1 amide bonds. The Hall–Kier alpha value is -1.26. The minimum atomic E-state index is -0.945. The second-order valence-electron chi connectivity index (χ2n) is 8.90. The lowest BCUT2D eigenvalue weighted by molar-refractivity contribution is -0.138. The molecule has 0 radical (unpaired) electrons. The summed E-state index contributed by atoms with van der Waals surface area (Å²) in [5.41, 5.74) is 5.64. The summed E-state index contributed by atoms with van der Waals surface area (Å²) in [6.45, 7) is 3.62. The molecular weight excluding hydrogens is 336 g/mol. The van der Waals surface area contributed by atoms with Crippen molar-refractivity contribution in [1.29, 1.82) is 0 Å². The Balaban J connectivity index is 1.44. The molecule has 136 valence electrons. The van der Waals surface area contributed by atoms with Crippen LogP contribution in [0.2, 0.25) is 5.02 Å². The average molecular weight is 363 g/mol. The fraction of sp³-hybridized carbons (Fsp3) is 0.650. The summed E-state index contributed by atoms with van der Waals surface area (Å²) in [5, 5.41) is 3.90. The highest BCUT2D eigenvalue weighted by molar-refractivity contribution is 6.30. The highest BCUT2D eigenvalue weighted by Crippen LogP contribution is 2.54. The SMILES string of the molecule is CC(C)(Oc1cccc(Cl)c1)C(=O)NC1[C@@H]2CC3C[C@H]1CC(N)(C3)C2. The van der Waals surface area contributed by atoms with Crippen LogP contribution in [0.5, 0.6) is 5.75 Å². The van der Waals surface area contributed by atoms with E-state index in [0.29, 0.717) is 22.6 Å². The number of nitrogens with two attached hydrogens (primary N) is 1. The molecule has 0 aromatic heterocycles. The van der Waals surface area contributed by atoms with E-state index < -0.39 is 5.60 Å².